The first-order valence-corrected chi connectivity index (χ1v) is 10.2. The van der Waals surface area contributed by atoms with Crippen LogP contribution in [0.1, 0.15) is 26.3 Å². The fourth-order valence-corrected chi connectivity index (χ4v) is 3.98. The summed E-state index contributed by atoms with van der Waals surface area (Å²) >= 11 is 0. The van der Waals surface area contributed by atoms with Crippen molar-refractivity contribution in [2.75, 3.05) is 10.0 Å². The lowest BCUT2D eigenvalue weighted by atomic mass is 10.1. The fourth-order valence-electron chi connectivity index (χ4n) is 2.65. The second-order valence-electron chi connectivity index (χ2n) is 6.41. The number of carboxylic acids is 1. The zero-order chi connectivity index (χ0) is 21.9. The molecule has 3 rings (SSSR count). The molecule has 0 heterocycles. The Balaban J connectivity index is 1.83. The smallest absolute Gasteiger partial charge is 0.262 e. The van der Waals surface area contributed by atoms with Crippen LogP contribution in [0, 0.1) is 12.7 Å². The van der Waals surface area contributed by atoms with Crippen molar-refractivity contribution in [3.8, 4) is 0 Å². The van der Waals surface area contributed by atoms with E-state index < -0.39 is 27.7 Å². The first-order valence-electron chi connectivity index (χ1n) is 8.67. The number of hydrogen-bond acceptors (Lipinski definition) is 5. The average Bonchev–Trinajstić information content (AvgIpc) is 2.70. The van der Waals surface area contributed by atoms with Crippen LogP contribution in [0.4, 0.5) is 15.8 Å². The molecule has 0 saturated carbocycles. The summed E-state index contributed by atoms with van der Waals surface area (Å²) in [5.74, 6) is -2.41. The summed E-state index contributed by atoms with van der Waals surface area (Å²) in [6, 6.07) is 14.4. The summed E-state index contributed by atoms with van der Waals surface area (Å²) in [4.78, 5) is 23.2. The lowest BCUT2D eigenvalue weighted by Gasteiger charge is -2.12. The Bertz CT molecular complexity index is 1210. The maximum atomic E-state index is 13.0. The maximum absolute atomic E-state index is 13.0. The van der Waals surface area contributed by atoms with E-state index in [9.17, 15) is 27.5 Å². The maximum Gasteiger partial charge on any atom is 0.262 e. The zero-order valence-corrected chi connectivity index (χ0v) is 16.5. The fraction of sp³-hybridized carbons (Fsp3) is 0.0476. The van der Waals surface area contributed by atoms with Crippen LogP contribution in [0.3, 0.4) is 0 Å². The molecule has 30 heavy (non-hydrogen) atoms. The van der Waals surface area contributed by atoms with Gasteiger partial charge in [-0.2, -0.15) is 0 Å². The average molecular weight is 427 g/mol. The van der Waals surface area contributed by atoms with Crippen molar-refractivity contribution in [2.45, 2.75) is 11.8 Å². The van der Waals surface area contributed by atoms with Crippen LogP contribution in [0.5, 0.6) is 0 Å². The number of carbonyl (C=O) groups is 2. The van der Waals surface area contributed by atoms with Crippen LogP contribution in [-0.4, -0.2) is 20.3 Å². The molecule has 0 aromatic heterocycles. The molecule has 9 heteroatoms. The summed E-state index contributed by atoms with van der Waals surface area (Å²) in [5, 5.41) is 13.4. The molecule has 2 N–H and O–H groups in total. The molecule has 3 aromatic rings. The summed E-state index contributed by atoms with van der Waals surface area (Å²) in [6.45, 7) is 1.58. The third-order valence-electron chi connectivity index (χ3n) is 4.21. The topological polar surface area (TPSA) is 115 Å². The SMILES string of the molecule is Cc1ccc(C(=O)Nc2ccc(C(=O)[O-])cc2)cc1S(=O)(=O)Nc1ccc(F)cc1. The Kier molecular flexibility index (Phi) is 5.84. The van der Waals surface area contributed by atoms with Gasteiger partial charge in [-0.3, -0.25) is 9.52 Å². The van der Waals surface area contributed by atoms with Gasteiger partial charge < -0.3 is 15.2 Å². The van der Waals surface area contributed by atoms with E-state index >= 15 is 0 Å². The van der Waals surface area contributed by atoms with Gasteiger partial charge in [-0.05, 0) is 66.6 Å². The van der Waals surface area contributed by atoms with Crippen LogP contribution in [0.25, 0.3) is 0 Å². The van der Waals surface area contributed by atoms with Gasteiger partial charge in [-0.25, -0.2) is 12.8 Å². The van der Waals surface area contributed by atoms with Gasteiger partial charge in [-0.15, -0.1) is 0 Å². The normalized spacial score (nSPS) is 11.0. The number of aryl methyl sites for hydroxylation is 1. The molecule has 0 unspecified atom stereocenters. The highest BCUT2D eigenvalue weighted by Gasteiger charge is 2.19. The number of nitrogens with one attached hydrogen (secondary N) is 2. The molecular formula is C21H16FN2O5S-. The van der Waals surface area contributed by atoms with Crippen molar-refractivity contribution >= 4 is 33.3 Å². The number of sulfonamides is 1. The lowest BCUT2D eigenvalue weighted by molar-refractivity contribution is -0.255. The molecule has 0 radical (unpaired) electrons. The standard InChI is InChI=1S/C21H17FN2O5S/c1-13-2-3-15(20(25)23-17-8-4-14(5-9-17)21(26)27)12-19(13)30(28,29)24-18-10-6-16(22)7-11-18/h2-12,24H,1H3,(H,23,25)(H,26,27)/p-1. The highest BCUT2D eigenvalue weighted by molar-refractivity contribution is 7.92. The summed E-state index contributed by atoms with van der Waals surface area (Å²) in [7, 11) is -4.03. The minimum Gasteiger partial charge on any atom is -0.545 e. The molecule has 0 aliphatic heterocycles. The molecule has 1 amide bonds. The zero-order valence-electron chi connectivity index (χ0n) is 15.7. The summed E-state index contributed by atoms with van der Waals surface area (Å²) in [6.07, 6.45) is 0. The number of hydrogen-bond donors (Lipinski definition) is 2. The second kappa shape index (κ2) is 8.34. The molecule has 154 valence electrons. The van der Waals surface area contributed by atoms with Crippen LogP contribution >= 0.6 is 0 Å². The van der Waals surface area contributed by atoms with Gasteiger partial charge >= 0.3 is 0 Å². The Labute approximate surface area is 172 Å². The van der Waals surface area contributed by atoms with E-state index in [0.717, 1.165) is 12.1 Å². The molecular weight excluding hydrogens is 411 g/mol. The lowest BCUT2D eigenvalue weighted by Crippen LogP contribution is -2.22. The third kappa shape index (κ3) is 4.81. The van der Waals surface area contributed by atoms with Gasteiger partial charge in [0.2, 0.25) is 0 Å². The van der Waals surface area contributed by atoms with Crippen LogP contribution in [0.2, 0.25) is 0 Å². The largest absolute Gasteiger partial charge is 0.545 e. The third-order valence-corrected chi connectivity index (χ3v) is 5.74. The van der Waals surface area contributed by atoms with E-state index in [1.807, 2.05) is 0 Å². The Morgan fingerprint density at radius 2 is 1.43 bits per heavy atom. The number of carbonyl (C=O) groups excluding carboxylic acids is 2. The van der Waals surface area contributed by atoms with E-state index in [4.69, 9.17) is 0 Å². The minimum atomic E-state index is -4.03. The predicted octanol–water partition coefficient (Wildman–Crippen LogP) is 2.55. The van der Waals surface area contributed by atoms with Crippen molar-refractivity contribution in [3.05, 3.63) is 89.2 Å². The van der Waals surface area contributed by atoms with Gasteiger partial charge in [0.05, 0.1) is 10.9 Å². The number of rotatable bonds is 6. The molecule has 0 bridgehead atoms. The molecule has 0 atom stereocenters. The second-order valence-corrected chi connectivity index (χ2v) is 8.06. The van der Waals surface area contributed by atoms with Crippen molar-refractivity contribution in [1.29, 1.82) is 0 Å². The highest BCUT2D eigenvalue weighted by Crippen LogP contribution is 2.22. The monoisotopic (exact) mass is 427 g/mol. The first-order chi connectivity index (χ1) is 14.2. The molecule has 0 aliphatic carbocycles. The Morgan fingerprint density at radius 1 is 0.867 bits per heavy atom. The number of amides is 1. The van der Waals surface area contributed by atoms with Gasteiger partial charge in [0.15, 0.2) is 0 Å². The number of benzene rings is 3. The molecule has 0 spiro atoms. The van der Waals surface area contributed by atoms with Crippen molar-refractivity contribution < 1.29 is 27.5 Å². The van der Waals surface area contributed by atoms with Gasteiger partial charge in [-0.1, -0.05) is 18.2 Å². The van der Waals surface area contributed by atoms with E-state index in [0.29, 0.717) is 11.3 Å². The molecule has 0 fully saturated rings. The van der Waals surface area contributed by atoms with E-state index in [2.05, 4.69) is 10.0 Å². The van der Waals surface area contributed by atoms with Crippen LogP contribution in [0.15, 0.2) is 71.6 Å². The number of halogens is 1. The van der Waals surface area contributed by atoms with E-state index in [1.54, 1.807) is 6.92 Å². The number of carboxylic acid groups (broad SMARTS) is 1. The van der Waals surface area contributed by atoms with Gasteiger partial charge in [0.25, 0.3) is 15.9 Å². The Morgan fingerprint density at radius 3 is 2.03 bits per heavy atom. The summed E-state index contributed by atoms with van der Waals surface area (Å²) in [5.41, 5.74) is 0.977. The van der Waals surface area contributed by atoms with Crippen molar-refractivity contribution in [2.24, 2.45) is 0 Å². The minimum absolute atomic E-state index is 0.0383. The predicted molar refractivity (Wildman–Crippen MR) is 107 cm³/mol. The quantitative estimate of drug-likeness (QED) is 0.627. The number of aromatic carboxylic acids is 1. The molecule has 7 nitrogen and oxygen atoms in total. The van der Waals surface area contributed by atoms with Crippen molar-refractivity contribution in [3.63, 3.8) is 0 Å². The van der Waals surface area contributed by atoms with Crippen LogP contribution in [-0.2, 0) is 10.0 Å². The van der Waals surface area contributed by atoms with Gasteiger partial charge in [0.1, 0.15) is 5.82 Å². The van der Waals surface area contributed by atoms with Crippen LogP contribution < -0.4 is 15.1 Å². The molecule has 0 aliphatic rings. The van der Waals surface area contributed by atoms with E-state index in [-0.39, 0.29) is 21.7 Å². The first kappa shape index (κ1) is 21.0. The summed E-state index contributed by atoms with van der Waals surface area (Å²) < 4.78 is 40.9. The van der Waals surface area contributed by atoms with Gasteiger partial charge in [0, 0.05) is 16.9 Å². The number of anilines is 2. The van der Waals surface area contributed by atoms with E-state index in [1.165, 1.54) is 54.6 Å². The van der Waals surface area contributed by atoms with Crippen molar-refractivity contribution in [1.82, 2.24) is 0 Å². The highest BCUT2D eigenvalue weighted by atomic mass is 32.2. The molecule has 3 aromatic carbocycles. The Hall–Kier alpha value is -3.72. The molecule has 0 saturated heterocycles.